The molecule has 0 bridgehead atoms. The van der Waals surface area contributed by atoms with Gasteiger partial charge in [-0.3, -0.25) is 14.5 Å². The topological polar surface area (TPSA) is 118 Å². The molecule has 17 heavy (non-hydrogen) atoms. The van der Waals surface area contributed by atoms with E-state index in [9.17, 15) is 9.59 Å². The van der Waals surface area contributed by atoms with Crippen LogP contribution in [-0.4, -0.2) is 28.3 Å². The molecular weight excluding hydrogens is 242 g/mol. The maximum Gasteiger partial charge on any atom is 0.229 e. The molecule has 0 aliphatic carbocycles. The molecule has 1 aliphatic heterocycles. The van der Waals surface area contributed by atoms with E-state index in [1.807, 2.05) is 0 Å². The molecule has 2 amide bonds. The third-order valence-electron chi connectivity index (χ3n) is 2.56. The van der Waals surface area contributed by atoms with Crippen molar-refractivity contribution in [2.45, 2.75) is 6.42 Å². The van der Waals surface area contributed by atoms with Crippen molar-refractivity contribution in [2.24, 2.45) is 11.7 Å². The number of carbonyl (C=O) groups is 2. The van der Waals surface area contributed by atoms with E-state index in [2.05, 4.69) is 9.97 Å². The van der Waals surface area contributed by atoms with Crippen LogP contribution in [0.15, 0.2) is 6.07 Å². The number of hydrogen-bond acceptors (Lipinski definition) is 5. The normalized spacial score (nSPS) is 19.6. The van der Waals surface area contributed by atoms with Gasteiger partial charge < -0.3 is 16.5 Å². The van der Waals surface area contributed by atoms with Crippen LogP contribution < -0.4 is 16.4 Å². The highest BCUT2D eigenvalue weighted by Crippen LogP contribution is 2.23. The summed E-state index contributed by atoms with van der Waals surface area (Å²) >= 11 is 4.87. The van der Waals surface area contributed by atoms with Crippen molar-refractivity contribution in [1.29, 1.82) is 0 Å². The van der Waals surface area contributed by atoms with Gasteiger partial charge in [0.15, 0.2) is 4.77 Å². The Bertz CT molecular complexity index is 540. The summed E-state index contributed by atoms with van der Waals surface area (Å²) in [6.45, 7) is 0.222. The molecule has 0 aromatic carbocycles. The summed E-state index contributed by atoms with van der Waals surface area (Å²) in [5.41, 5.74) is 10.7. The third-order valence-corrected chi connectivity index (χ3v) is 2.75. The lowest BCUT2D eigenvalue weighted by atomic mass is 10.1. The van der Waals surface area contributed by atoms with E-state index < -0.39 is 11.8 Å². The summed E-state index contributed by atoms with van der Waals surface area (Å²) in [4.78, 5) is 30.7. The fourth-order valence-corrected chi connectivity index (χ4v) is 1.93. The smallest absolute Gasteiger partial charge is 0.229 e. The highest BCUT2D eigenvalue weighted by molar-refractivity contribution is 7.71. The van der Waals surface area contributed by atoms with Gasteiger partial charge in [-0.1, -0.05) is 0 Å². The van der Waals surface area contributed by atoms with Gasteiger partial charge in [0.25, 0.3) is 0 Å². The second-order valence-electron chi connectivity index (χ2n) is 3.81. The second-order valence-corrected chi connectivity index (χ2v) is 4.19. The Kier molecular flexibility index (Phi) is 2.80. The van der Waals surface area contributed by atoms with E-state index in [0.29, 0.717) is 11.6 Å². The molecule has 1 fully saturated rings. The Balaban J connectivity index is 2.32. The first kappa shape index (κ1) is 11.5. The SMILES string of the molecule is NC(=O)C1CC(=O)N(c2cc(N)[nH]c(=S)n2)C1. The number of anilines is 2. The van der Waals surface area contributed by atoms with Gasteiger partial charge in [0, 0.05) is 19.0 Å². The van der Waals surface area contributed by atoms with Crippen LogP contribution in [0.2, 0.25) is 0 Å². The number of H-pyrrole nitrogens is 1. The number of carbonyl (C=O) groups excluding carboxylic acids is 2. The monoisotopic (exact) mass is 253 g/mol. The molecule has 0 radical (unpaired) electrons. The summed E-state index contributed by atoms with van der Waals surface area (Å²) in [6, 6.07) is 1.50. The molecule has 1 aromatic heterocycles. The molecule has 2 heterocycles. The predicted molar refractivity (Wildman–Crippen MR) is 63.5 cm³/mol. The number of nitrogen functional groups attached to an aromatic ring is 1. The molecule has 1 unspecified atom stereocenters. The molecule has 1 aliphatic rings. The van der Waals surface area contributed by atoms with Crippen molar-refractivity contribution in [3.63, 3.8) is 0 Å². The minimum atomic E-state index is -0.491. The molecule has 2 rings (SSSR count). The zero-order valence-electron chi connectivity index (χ0n) is 8.84. The summed E-state index contributed by atoms with van der Waals surface area (Å²) in [6.07, 6.45) is 0.0995. The number of aromatic amines is 1. The Hall–Kier alpha value is -1.96. The van der Waals surface area contributed by atoms with Crippen LogP contribution in [0.5, 0.6) is 0 Å². The van der Waals surface area contributed by atoms with Crippen molar-refractivity contribution in [1.82, 2.24) is 9.97 Å². The van der Waals surface area contributed by atoms with Crippen LogP contribution >= 0.6 is 12.2 Å². The van der Waals surface area contributed by atoms with Gasteiger partial charge in [-0.05, 0) is 12.2 Å². The van der Waals surface area contributed by atoms with Gasteiger partial charge in [-0.25, -0.2) is 4.98 Å². The highest BCUT2D eigenvalue weighted by atomic mass is 32.1. The molecule has 7 nitrogen and oxygen atoms in total. The zero-order chi connectivity index (χ0) is 12.6. The van der Waals surface area contributed by atoms with Crippen molar-refractivity contribution in [3.8, 4) is 0 Å². The lowest BCUT2D eigenvalue weighted by Crippen LogP contribution is -2.29. The molecule has 0 spiro atoms. The fourth-order valence-electron chi connectivity index (χ4n) is 1.72. The van der Waals surface area contributed by atoms with E-state index in [-0.39, 0.29) is 23.6 Å². The molecule has 1 atom stereocenters. The summed E-state index contributed by atoms with van der Waals surface area (Å²) in [7, 11) is 0. The van der Waals surface area contributed by atoms with Gasteiger partial charge in [-0.2, -0.15) is 0 Å². The predicted octanol–water partition coefficient (Wildman–Crippen LogP) is -0.440. The number of amides is 2. The van der Waals surface area contributed by atoms with Gasteiger partial charge in [-0.15, -0.1) is 0 Å². The fraction of sp³-hybridized carbons (Fsp3) is 0.333. The first-order chi connectivity index (χ1) is 7.97. The van der Waals surface area contributed by atoms with Crippen molar-refractivity contribution in [3.05, 3.63) is 10.8 Å². The standard InChI is InChI=1S/C9H11N5O2S/c10-5-2-6(13-9(17)12-5)14-3-4(8(11)16)1-7(14)15/h2,4H,1,3H2,(H2,11,16)(H3,10,12,13,17). The van der Waals surface area contributed by atoms with Crippen LogP contribution in [0.1, 0.15) is 6.42 Å². The molecule has 8 heteroatoms. The lowest BCUT2D eigenvalue weighted by molar-refractivity contribution is -0.123. The number of aromatic nitrogens is 2. The molecule has 0 saturated carbocycles. The van der Waals surface area contributed by atoms with Crippen molar-refractivity contribution >= 4 is 35.7 Å². The van der Waals surface area contributed by atoms with E-state index in [4.69, 9.17) is 23.7 Å². The molecule has 1 saturated heterocycles. The quantitative estimate of drug-likeness (QED) is 0.617. The summed E-state index contributed by atoms with van der Waals surface area (Å²) in [5.74, 6) is -0.519. The van der Waals surface area contributed by atoms with Gasteiger partial charge >= 0.3 is 0 Å². The summed E-state index contributed by atoms with van der Waals surface area (Å²) < 4.78 is 0.190. The minimum Gasteiger partial charge on any atom is -0.385 e. The molecule has 1 aromatic rings. The maximum absolute atomic E-state index is 11.7. The van der Waals surface area contributed by atoms with E-state index in [1.54, 1.807) is 0 Å². The number of nitrogens with two attached hydrogens (primary N) is 2. The third kappa shape index (κ3) is 2.26. The molecule has 90 valence electrons. The summed E-state index contributed by atoms with van der Waals surface area (Å²) in [5, 5.41) is 0. The average molecular weight is 253 g/mol. The number of primary amides is 1. The van der Waals surface area contributed by atoms with Gasteiger partial charge in [0.2, 0.25) is 11.8 Å². The molecular formula is C9H11N5O2S. The first-order valence-electron chi connectivity index (χ1n) is 4.94. The van der Waals surface area contributed by atoms with Crippen LogP contribution in [0.3, 0.4) is 0 Å². The number of rotatable bonds is 2. The van der Waals surface area contributed by atoms with Gasteiger partial charge in [0.1, 0.15) is 11.6 Å². The van der Waals surface area contributed by atoms with E-state index >= 15 is 0 Å². The first-order valence-corrected chi connectivity index (χ1v) is 5.34. The Morgan fingerprint density at radius 2 is 2.35 bits per heavy atom. The largest absolute Gasteiger partial charge is 0.385 e. The second kappa shape index (κ2) is 4.13. The van der Waals surface area contributed by atoms with Crippen molar-refractivity contribution < 1.29 is 9.59 Å². The van der Waals surface area contributed by atoms with E-state index in [1.165, 1.54) is 11.0 Å². The van der Waals surface area contributed by atoms with Crippen LogP contribution in [0.4, 0.5) is 11.6 Å². The Morgan fingerprint density at radius 3 is 2.88 bits per heavy atom. The van der Waals surface area contributed by atoms with Crippen molar-refractivity contribution in [2.75, 3.05) is 17.2 Å². The lowest BCUT2D eigenvalue weighted by Gasteiger charge is -2.14. The minimum absolute atomic E-state index is 0.0995. The van der Waals surface area contributed by atoms with Crippen LogP contribution in [-0.2, 0) is 9.59 Å². The average Bonchev–Trinajstić information content (AvgIpc) is 2.59. The van der Waals surface area contributed by atoms with Crippen LogP contribution in [0, 0.1) is 10.7 Å². The Labute approximate surface area is 102 Å². The highest BCUT2D eigenvalue weighted by Gasteiger charge is 2.34. The van der Waals surface area contributed by atoms with Crippen LogP contribution in [0.25, 0.3) is 0 Å². The Morgan fingerprint density at radius 1 is 1.65 bits per heavy atom. The maximum atomic E-state index is 11.7. The number of nitrogens with zero attached hydrogens (tertiary/aromatic N) is 2. The zero-order valence-corrected chi connectivity index (χ0v) is 9.66. The van der Waals surface area contributed by atoms with Gasteiger partial charge in [0.05, 0.1) is 5.92 Å². The number of hydrogen-bond donors (Lipinski definition) is 3. The van der Waals surface area contributed by atoms with E-state index in [0.717, 1.165) is 0 Å². The number of nitrogens with one attached hydrogen (secondary N) is 1. The molecule has 5 N–H and O–H groups in total.